The minimum atomic E-state index is -5.07. The number of benzene rings is 3. The average molecular weight is 1120 g/mol. The molecule has 1 aromatic heterocycles. The van der Waals surface area contributed by atoms with Crippen molar-refractivity contribution < 1.29 is 62.3 Å². The maximum absolute atomic E-state index is 14.5. The first kappa shape index (κ1) is 56.5. The van der Waals surface area contributed by atoms with E-state index in [1.165, 1.54) is 34.1 Å². The molecule has 7 atom stereocenters. The van der Waals surface area contributed by atoms with Gasteiger partial charge in [-0.3, -0.25) is 53.0 Å². The first-order valence-electron chi connectivity index (χ1n) is 26.9. The predicted octanol–water partition coefficient (Wildman–Crippen LogP) is 2.46. The average Bonchev–Trinajstić information content (AvgIpc) is 3.75. The number of fused-ring (bicyclic) bond motifs is 3. The first-order chi connectivity index (χ1) is 38.3. The van der Waals surface area contributed by atoms with E-state index in [1.807, 2.05) is 13.0 Å². The second-order valence-corrected chi connectivity index (χ2v) is 22.6. The van der Waals surface area contributed by atoms with Crippen molar-refractivity contribution in [1.82, 2.24) is 46.3 Å². The van der Waals surface area contributed by atoms with E-state index in [9.17, 15) is 62.3 Å². The van der Waals surface area contributed by atoms with Gasteiger partial charge in [0.15, 0.2) is 0 Å². The van der Waals surface area contributed by atoms with Gasteiger partial charge in [0, 0.05) is 73.2 Å². The molecule has 24 heteroatoms. The molecular formula is C56H63N10O13P. The van der Waals surface area contributed by atoms with Gasteiger partial charge in [0.1, 0.15) is 35.9 Å². The van der Waals surface area contributed by atoms with Crippen LogP contribution in [-0.2, 0) is 39.9 Å². The smallest absolute Gasteiger partial charge is 0.352 e. The highest BCUT2D eigenvalue weighted by molar-refractivity contribution is 7.70. The van der Waals surface area contributed by atoms with Crippen LogP contribution in [0.2, 0.25) is 0 Å². The zero-order valence-electron chi connectivity index (χ0n) is 43.9. The number of hydrogen-bond donors (Lipinski definition) is 9. The second-order valence-electron chi connectivity index (χ2n) is 21.1. The molecule has 0 radical (unpaired) electrons. The number of hydrogen-bond acceptors (Lipinski definition) is 11. The Hall–Kier alpha value is -8.19. The first-order valence-corrected chi connectivity index (χ1v) is 28.5. The third-order valence-corrected chi connectivity index (χ3v) is 16.5. The summed E-state index contributed by atoms with van der Waals surface area (Å²) in [6.45, 7) is 2.67. The van der Waals surface area contributed by atoms with Crippen LogP contribution >= 0.6 is 7.60 Å². The third-order valence-electron chi connectivity index (χ3n) is 15.7. The van der Waals surface area contributed by atoms with E-state index in [2.05, 4.69) is 43.4 Å². The monoisotopic (exact) mass is 1110 g/mol. The van der Waals surface area contributed by atoms with Crippen molar-refractivity contribution in [1.29, 1.82) is 0 Å². The summed E-state index contributed by atoms with van der Waals surface area (Å²) in [6.07, 6.45) is 5.11. The lowest BCUT2D eigenvalue weighted by atomic mass is 9.91. The number of amides is 10. The zero-order valence-corrected chi connectivity index (χ0v) is 44.8. The largest absolute Gasteiger partial charge is 0.396 e. The van der Waals surface area contributed by atoms with Crippen molar-refractivity contribution in [3.8, 4) is 11.8 Å². The highest BCUT2D eigenvalue weighted by atomic mass is 31.2. The Morgan fingerprint density at radius 3 is 2.36 bits per heavy atom. The highest BCUT2D eigenvalue weighted by Gasteiger charge is 2.58. The molecule has 1 aliphatic carbocycles. The highest BCUT2D eigenvalue weighted by Crippen LogP contribution is 2.50. The molecule has 0 bridgehead atoms. The molecule has 5 aliphatic rings. The maximum Gasteiger partial charge on any atom is 0.396 e. The lowest BCUT2D eigenvalue weighted by Crippen LogP contribution is -2.60. The molecule has 10 amide bonds. The van der Waals surface area contributed by atoms with Crippen molar-refractivity contribution in [3.63, 3.8) is 0 Å². The molecule has 420 valence electrons. The summed E-state index contributed by atoms with van der Waals surface area (Å²) in [5.41, 5.74) is 6.63. The molecule has 23 nitrogen and oxygen atoms in total. The van der Waals surface area contributed by atoms with Gasteiger partial charge in [-0.15, -0.1) is 0 Å². The van der Waals surface area contributed by atoms with E-state index in [0.717, 1.165) is 12.0 Å². The number of urea groups is 1. The maximum atomic E-state index is 14.5. The molecule has 9 rings (SSSR count). The number of primary amides is 1. The van der Waals surface area contributed by atoms with Gasteiger partial charge in [0.05, 0.1) is 0 Å². The number of carbonyl (C=O) groups is 10. The lowest BCUT2D eigenvalue weighted by Gasteiger charge is -2.35. The summed E-state index contributed by atoms with van der Waals surface area (Å²) < 4.78 is 11.6. The molecule has 1 saturated carbocycles. The summed E-state index contributed by atoms with van der Waals surface area (Å²) in [6, 6.07) is 12.7. The fourth-order valence-electron chi connectivity index (χ4n) is 11.3. The minimum absolute atomic E-state index is 0.0109. The van der Waals surface area contributed by atoms with E-state index < -0.39 is 85.4 Å². The van der Waals surface area contributed by atoms with Crippen LogP contribution in [0.4, 0.5) is 4.79 Å². The fourth-order valence-corrected chi connectivity index (χ4v) is 11.8. The molecule has 4 aromatic rings. The Kier molecular flexibility index (Phi) is 17.0. The van der Waals surface area contributed by atoms with Crippen molar-refractivity contribution in [3.05, 3.63) is 106 Å². The van der Waals surface area contributed by atoms with Crippen LogP contribution in [0.25, 0.3) is 10.9 Å². The molecule has 2 unspecified atom stereocenters. The molecule has 5 heterocycles. The molecule has 3 aromatic carbocycles. The third kappa shape index (κ3) is 12.6. The molecule has 0 spiro atoms. The summed E-state index contributed by atoms with van der Waals surface area (Å²) >= 11 is 0. The summed E-state index contributed by atoms with van der Waals surface area (Å²) in [7, 11) is -5.07. The SMILES string of the molecule is CCCC[C@H](NC(=O)c1cc2cc(C(=O)P(=O)(O)O)ccc2[nH]1)C(=O)N1CC2C[C@H]2[C@H]1C(=O)N[C@@H](CNC(N)=O)C(=O)N[C@H](C(=O)N1CCC(CCC#Cc2cccc3c2CN(C2CCC(=O)NC2=O)C3=O)CC1)c1ccccc1. The molecule has 80 heavy (non-hydrogen) atoms. The van der Waals surface area contributed by atoms with Gasteiger partial charge in [-0.2, -0.15) is 0 Å². The number of H-pyrrole nitrogens is 1. The fraction of sp³-hybridized carbons (Fsp3) is 0.429. The van der Waals surface area contributed by atoms with Gasteiger partial charge in [0.2, 0.25) is 35.4 Å². The van der Waals surface area contributed by atoms with Crippen LogP contribution in [0.15, 0.2) is 72.8 Å². The molecular weight excluding hydrogens is 1050 g/mol. The summed E-state index contributed by atoms with van der Waals surface area (Å²) in [4.78, 5) is 160. The number of piperidine rings is 3. The number of unbranched alkanes of at least 4 members (excludes halogenated alkanes) is 1. The van der Waals surface area contributed by atoms with E-state index in [1.54, 1.807) is 47.4 Å². The number of rotatable bonds is 19. The molecule has 4 fully saturated rings. The summed E-state index contributed by atoms with van der Waals surface area (Å²) in [5.74, 6) is 2.27. The Labute approximate surface area is 460 Å². The Balaban J connectivity index is 0.826. The number of aromatic amines is 1. The Morgan fingerprint density at radius 1 is 0.887 bits per heavy atom. The Morgan fingerprint density at radius 2 is 1.65 bits per heavy atom. The number of nitrogens with zero attached hydrogens (tertiary/aromatic N) is 3. The standard InChI is InChI=1S/C56H63N10O13P/c1-2-3-16-41(60-48(68)42-27-35-25-34(17-18-40(35)59-42)55(75)80(77,78)79)53(73)66-29-36-26-38(36)47(66)51(71)61-43(28-58-56(57)76)49(69)63-46(33-12-5-4-6-13-33)54(74)64-23-21-31(22-24-64)10-7-8-11-32-14-9-15-37-39(32)30-65(52(37)72)44-19-20-45(67)62-50(44)70/h4-6,9,12-15,17-18,25,27,31,36,38,41,43-44,46-47,59H,2-3,7,10,16,19-24,26,28-30H2,1H3,(H,60,68)(H,61,71)(H,63,69)(H3,57,58,76)(H,62,67,70)(H2,77,78,79)/t36?,38-,41+,43+,44?,46+,47+/m1/s1. The van der Waals surface area contributed by atoms with Gasteiger partial charge < -0.3 is 56.5 Å². The van der Waals surface area contributed by atoms with Gasteiger partial charge in [-0.25, -0.2) is 4.79 Å². The van der Waals surface area contributed by atoms with Crippen LogP contribution < -0.4 is 32.3 Å². The summed E-state index contributed by atoms with van der Waals surface area (Å²) in [5, 5.41) is 13.4. The Bertz CT molecular complexity index is 3270. The number of imide groups is 1. The van der Waals surface area contributed by atoms with Crippen molar-refractivity contribution >= 4 is 77.3 Å². The number of nitrogens with two attached hydrogens (primary N) is 1. The van der Waals surface area contributed by atoms with Crippen LogP contribution in [0.5, 0.6) is 0 Å². The zero-order chi connectivity index (χ0) is 57.0. The van der Waals surface area contributed by atoms with Crippen LogP contribution in [-0.4, -0.2) is 139 Å². The number of nitrogens with one attached hydrogen (secondary N) is 6. The van der Waals surface area contributed by atoms with Gasteiger partial charge in [0.25, 0.3) is 17.3 Å². The van der Waals surface area contributed by atoms with Gasteiger partial charge >= 0.3 is 13.6 Å². The quantitative estimate of drug-likeness (QED) is 0.0371. The molecule has 4 aliphatic heterocycles. The van der Waals surface area contributed by atoms with Crippen molar-refractivity contribution in [2.24, 2.45) is 23.5 Å². The molecule has 3 saturated heterocycles. The molecule has 10 N–H and O–H groups in total. The van der Waals surface area contributed by atoms with Crippen LogP contribution in [0.1, 0.15) is 125 Å². The van der Waals surface area contributed by atoms with Gasteiger partial charge in [-0.1, -0.05) is 68.0 Å². The predicted molar refractivity (Wildman–Crippen MR) is 287 cm³/mol. The minimum Gasteiger partial charge on any atom is -0.352 e. The van der Waals surface area contributed by atoms with E-state index >= 15 is 0 Å². The van der Waals surface area contributed by atoms with E-state index in [0.29, 0.717) is 79.2 Å². The number of likely N-dealkylation sites (tertiary alicyclic amines) is 2. The second kappa shape index (κ2) is 24.0. The topological polar surface area (TPSA) is 340 Å². The van der Waals surface area contributed by atoms with Crippen molar-refractivity contribution in [2.75, 3.05) is 26.2 Å². The normalized spacial score (nSPS) is 20.8. The van der Waals surface area contributed by atoms with Crippen LogP contribution in [0.3, 0.4) is 0 Å². The van der Waals surface area contributed by atoms with Crippen molar-refractivity contribution in [2.45, 2.75) is 108 Å². The van der Waals surface area contributed by atoms with Gasteiger partial charge in [-0.05, 0) is 104 Å². The van der Waals surface area contributed by atoms with E-state index in [-0.39, 0.29) is 79.1 Å². The number of aromatic nitrogens is 1. The number of carbonyl (C=O) groups excluding carboxylic acids is 10. The lowest BCUT2D eigenvalue weighted by molar-refractivity contribution is -0.142. The van der Waals surface area contributed by atoms with Crippen LogP contribution in [0, 0.1) is 29.6 Å². The van der Waals surface area contributed by atoms with E-state index in [4.69, 9.17) is 5.73 Å².